The Kier molecular flexibility index (Phi) is 6.01. The van der Waals surface area contributed by atoms with Gasteiger partial charge in [0.15, 0.2) is 11.3 Å². The molecule has 4 nitrogen and oxygen atoms in total. The first-order valence-electron chi connectivity index (χ1n) is 17.4. The lowest BCUT2D eigenvalue weighted by Gasteiger charge is -2.40. The van der Waals surface area contributed by atoms with Gasteiger partial charge < -0.3 is 19.0 Å². The summed E-state index contributed by atoms with van der Waals surface area (Å²) in [6, 6.07) is 62.2. The zero-order valence-corrected chi connectivity index (χ0v) is 27.5. The number of furan rings is 1. The molecule has 9 aromatic rings. The number of para-hydroxylation sites is 3. The Morgan fingerprint density at radius 1 is 0.490 bits per heavy atom. The molecule has 11 rings (SSSR count). The van der Waals surface area contributed by atoms with Crippen LogP contribution in [0, 0.1) is 0 Å². The van der Waals surface area contributed by atoms with Crippen LogP contribution in [-0.4, -0.2) is 6.71 Å². The third kappa shape index (κ3) is 4.15. The summed E-state index contributed by atoms with van der Waals surface area (Å²) < 4.78 is 13.8. The summed E-state index contributed by atoms with van der Waals surface area (Å²) in [5, 5.41) is 4.56. The fraction of sp³-hybridized carbons (Fsp3) is 0. The van der Waals surface area contributed by atoms with Gasteiger partial charge in [-0.2, -0.15) is 0 Å². The predicted molar refractivity (Wildman–Crippen MR) is 212 cm³/mol. The van der Waals surface area contributed by atoms with Gasteiger partial charge in [0.1, 0.15) is 11.3 Å². The van der Waals surface area contributed by atoms with E-state index in [2.05, 4.69) is 174 Å². The zero-order chi connectivity index (χ0) is 33.5. The fourth-order valence-corrected chi connectivity index (χ4v) is 8.33. The molecule has 5 heteroatoms. The van der Waals surface area contributed by atoms with Crippen molar-refractivity contribution in [3.63, 3.8) is 0 Å². The van der Waals surface area contributed by atoms with Crippen LogP contribution in [0.3, 0.4) is 0 Å². The van der Waals surface area contributed by atoms with Crippen molar-refractivity contribution in [2.24, 2.45) is 0 Å². The molecule has 0 amide bonds. The highest BCUT2D eigenvalue weighted by molar-refractivity contribution is 7.00. The van der Waals surface area contributed by atoms with Gasteiger partial charge in [0.25, 0.3) is 6.71 Å². The number of nitrogens with zero attached hydrogens (tertiary/aromatic N) is 2. The average Bonchev–Trinajstić information content (AvgIpc) is 3.57. The molecule has 0 saturated heterocycles. The molecule has 0 N–H and O–H groups in total. The third-order valence-electron chi connectivity index (χ3n) is 10.5. The number of benzene rings is 8. The van der Waals surface area contributed by atoms with Crippen molar-refractivity contribution < 1.29 is 9.15 Å². The summed E-state index contributed by atoms with van der Waals surface area (Å²) in [7, 11) is 0. The average molecular weight is 653 g/mol. The fourth-order valence-electron chi connectivity index (χ4n) is 8.33. The van der Waals surface area contributed by atoms with Crippen molar-refractivity contribution in [3.8, 4) is 11.5 Å². The van der Waals surface area contributed by atoms with Gasteiger partial charge >= 0.3 is 0 Å². The highest BCUT2D eigenvalue weighted by Crippen LogP contribution is 2.45. The van der Waals surface area contributed by atoms with Crippen molar-refractivity contribution >= 4 is 89.9 Å². The van der Waals surface area contributed by atoms with E-state index >= 15 is 0 Å². The minimum atomic E-state index is -0.0409. The topological polar surface area (TPSA) is 28.9 Å². The smallest absolute Gasteiger partial charge is 0.257 e. The second kappa shape index (κ2) is 10.9. The number of hydrogen-bond donors (Lipinski definition) is 0. The minimum absolute atomic E-state index is 0.0409. The van der Waals surface area contributed by atoms with E-state index in [9.17, 15) is 0 Å². The quantitative estimate of drug-likeness (QED) is 0.177. The van der Waals surface area contributed by atoms with Gasteiger partial charge in [-0.1, -0.05) is 103 Å². The highest BCUT2D eigenvalue weighted by Gasteiger charge is 2.43. The molecule has 238 valence electrons. The lowest BCUT2D eigenvalue weighted by Crippen LogP contribution is -2.59. The van der Waals surface area contributed by atoms with Crippen LogP contribution < -0.4 is 30.9 Å². The summed E-state index contributed by atoms with van der Waals surface area (Å²) in [5.41, 5.74) is 11.8. The van der Waals surface area contributed by atoms with E-state index in [0.717, 1.165) is 67.3 Å². The summed E-state index contributed by atoms with van der Waals surface area (Å²) in [6.45, 7) is -0.0409. The summed E-state index contributed by atoms with van der Waals surface area (Å²) in [5.74, 6) is 1.65. The number of ether oxygens (including phenoxy) is 1. The molecule has 0 spiro atoms. The molecule has 0 bridgehead atoms. The van der Waals surface area contributed by atoms with Crippen molar-refractivity contribution in [1.29, 1.82) is 0 Å². The normalized spacial score (nSPS) is 12.8. The Labute approximate surface area is 295 Å². The van der Waals surface area contributed by atoms with Crippen LogP contribution in [0.15, 0.2) is 180 Å². The third-order valence-corrected chi connectivity index (χ3v) is 10.5. The summed E-state index contributed by atoms with van der Waals surface area (Å²) >= 11 is 0. The Balaban J connectivity index is 1.14. The molecule has 51 heavy (non-hydrogen) atoms. The highest BCUT2D eigenvalue weighted by atomic mass is 16.5. The summed E-state index contributed by atoms with van der Waals surface area (Å²) in [4.78, 5) is 4.65. The first kappa shape index (κ1) is 28.2. The number of anilines is 6. The van der Waals surface area contributed by atoms with Gasteiger partial charge in [-0.15, -0.1) is 0 Å². The van der Waals surface area contributed by atoms with Gasteiger partial charge in [-0.25, -0.2) is 0 Å². The van der Waals surface area contributed by atoms with Crippen molar-refractivity contribution in [2.75, 3.05) is 9.80 Å². The first-order valence-corrected chi connectivity index (χ1v) is 17.4. The molecular weight excluding hydrogens is 623 g/mol. The van der Waals surface area contributed by atoms with Gasteiger partial charge in [-0.05, 0) is 93.9 Å². The number of fused-ring (bicyclic) bond motifs is 10. The Hall–Kier alpha value is -6.72. The van der Waals surface area contributed by atoms with Gasteiger partial charge in [0.2, 0.25) is 0 Å². The minimum Gasteiger partial charge on any atom is -0.454 e. The zero-order valence-electron chi connectivity index (χ0n) is 27.5. The Morgan fingerprint density at radius 2 is 1.18 bits per heavy atom. The van der Waals surface area contributed by atoms with Crippen LogP contribution in [0.25, 0.3) is 32.7 Å². The Morgan fingerprint density at radius 3 is 1.96 bits per heavy atom. The SMILES string of the molecule is c1ccc(N(c2ccccc2)c2ccc3c(c2)oc2c4c(ccc23)B2c3c(cccc3N(c3ccccc3)c3ccc5ccccc5c32)O4)cc1. The molecule has 2 aliphatic heterocycles. The van der Waals surface area contributed by atoms with Crippen LogP contribution >= 0.6 is 0 Å². The summed E-state index contributed by atoms with van der Waals surface area (Å²) in [6.07, 6.45) is 0. The van der Waals surface area contributed by atoms with E-state index in [1.54, 1.807) is 0 Å². The first-order chi connectivity index (χ1) is 25.3. The monoisotopic (exact) mass is 652 g/mol. The van der Waals surface area contributed by atoms with Gasteiger partial charge in [0, 0.05) is 51.0 Å². The van der Waals surface area contributed by atoms with Gasteiger partial charge in [0.05, 0.1) is 0 Å². The van der Waals surface area contributed by atoms with Crippen molar-refractivity contribution in [3.05, 3.63) is 176 Å². The molecule has 8 aromatic carbocycles. The lowest BCUT2D eigenvalue weighted by molar-refractivity contribution is 0.481. The van der Waals surface area contributed by atoms with Crippen molar-refractivity contribution in [1.82, 2.24) is 0 Å². The molecule has 0 fully saturated rings. The van der Waals surface area contributed by atoms with Crippen LogP contribution in [0.1, 0.15) is 0 Å². The van der Waals surface area contributed by atoms with Crippen molar-refractivity contribution in [2.45, 2.75) is 0 Å². The number of hydrogen-bond acceptors (Lipinski definition) is 4. The van der Waals surface area contributed by atoms with Crippen LogP contribution in [0.5, 0.6) is 11.5 Å². The maximum absolute atomic E-state index is 6.96. The molecular formula is C46H29BN2O2. The lowest BCUT2D eigenvalue weighted by atomic mass is 9.33. The van der Waals surface area contributed by atoms with E-state index in [1.807, 2.05) is 12.1 Å². The van der Waals surface area contributed by atoms with E-state index in [0.29, 0.717) is 0 Å². The van der Waals surface area contributed by atoms with E-state index < -0.39 is 0 Å². The van der Waals surface area contributed by atoms with Crippen LogP contribution in [-0.2, 0) is 0 Å². The molecule has 3 heterocycles. The maximum Gasteiger partial charge on any atom is 0.257 e. The van der Waals surface area contributed by atoms with Crippen LogP contribution in [0.4, 0.5) is 34.1 Å². The largest absolute Gasteiger partial charge is 0.454 e. The second-order valence-electron chi connectivity index (χ2n) is 13.3. The van der Waals surface area contributed by atoms with E-state index in [-0.39, 0.29) is 6.71 Å². The number of rotatable bonds is 4. The van der Waals surface area contributed by atoms with Gasteiger partial charge in [-0.3, -0.25) is 0 Å². The molecule has 0 atom stereocenters. The maximum atomic E-state index is 6.96. The molecule has 0 unspecified atom stereocenters. The molecule has 0 radical (unpaired) electrons. The molecule has 0 aliphatic carbocycles. The molecule has 0 saturated carbocycles. The molecule has 1 aromatic heterocycles. The van der Waals surface area contributed by atoms with E-state index in [1.165, 1.54) is 27.4 Å². The molecule has 2 aliphatic rings. The Bertz CT molecular complexity index is 2760. The van der Waals surface area contributed by atoms with E-state index in [4.69, 9.17) is 9.15 Å². The van der Waals surface area contributed by atoms with Crippen LogP contribution in [0.2, 0.25) is 0 Å². The predicted octanol–water partition coefficient (Wildman–Crippen LogP) is 10.6. The standard InChI is InChI=1S/C46H29BN2O2/c1-4-14-31(15-5-1)48(32-16-6-2-7-17-32)34-24-25-36-37-26-27-38-46(45(37)51-42(36)29-34)50-41-22-12-21-39-44(41)47(38)43-35-20-11-10-13-30(35)23-28-40(43)49(39)33-18-8-3-9-19-33/h1-29H. The second-order valence-corrected chi connectivity index (χ2v) is 13.3.